The topological polar surface area (TPSA) is 69.6 Å². The second-order valence-corrected chi connectivity index (χ2v) is 3.89. The number of rotatable bonds is 0. The molecule has 5 nitrogen and oxygen atoms in total. The van der Waals surface area contributed by atoms with Gasteiger partial charge in [-0.15, -0.1) is 0 Å². The zero-order valence-corrected chi connectivity index (χ0v) is 10.1. The third kappa shape index (κ3) is 2.38. The maximum atomic E-state index is 5.64. The molecule has 2 N–H and O–H groups in total. The van der Waals surface area contributed by atoms with Crippen LogP contribution in [-0.2, 0) is 7.05 Å². The highest BCUT2D eigenvalue weighted by molar-refractivity contribution is 9.10. The van der Waals surface area contributed by atoms with Gasteiger partial charge in [0, 0.05) is 13.2 Å². The summed E-state index contributed by atoms with van der Waals surface area (Å²) in [4.78, 5) is 8.06. The number of nitrogens with zero attached hydrogens (tertiary/aromatic N) is 4. The number of anilines is 1. The number of nitrogen functional groups attached to an aromatic ring is 1. The van der Waals surface area contributed by atoms with Gasteiger partial charge in [0.05, 0.1) is 18.0 Å². The van der Waals surface area contributed by atoms with Gasteiger partial charge in [0.25, 0.3) is 0 Å². The zero-order chi connectivity index (χ0) is 11.5. The van der Waals surface area contributed by atoms with Crippen LogP contribution in [-0.4, -0.2) is 19.7 Å². The lowest BCUT2D eigenvalue weighted by molar-refractivity contribution is 0.767. The lowest BCUT2D eigenvalue weighted by Crippen LogP contribution is -1.97. The molecule has 2 aromatic rings. The number of halogens is 1. The van der Waals surface area contributed by atoms with Crippen LogP contribution in [0.15, 0.2) is 23.2 Å². The number of aryl methyl sites for hydroxylation is 1. The fourth-order valence-corrected chi connectivity index (χ4v) is 1.37. The first-order valence-electron chi connectivity index (χ1n) is 4.44. The summed E-state index contributed by atoms with van der Waals surface area (Å²) in [6.07, 6.45) is 5.02. The Bertz CT molecular complexity index is 578. The van der Waals surface area contributed by atoms with E-state index >= 15 is 0 Å². The van der Waals surface area contributed by atoms with Gasteiger partial charge in [-0.25, -0.2) is 9.97 Å². The van der Waals surface area contributed by atoms with Crippen LogP contribution in [0.5, 0.6) is 0 Å². The highest BCUT2D eigenvalue weighted by atomic mass is 79.9. The lowest BCUT2D eigenvalue weighted by atomic mass is 10.3. The van der Waals surface area contributed by atoms with Crippen LogP contribution >= 0.6 is 15.9 Å². The monoisotopic (exact) mass is 277 g/mol. The van der Waals surface area contributed by atoms with E-state index < -0.39 is 0 Å². The molecule has 80 valence electrons. The first-order valence-corrected chi connectivity index (χ1v) is 5.23. The molecule has 2 heterocycles. The van der Waals surface area contributed by atoms with Gasteiger partial charge in [0.1, 0.15) is 4.60 Å². The maximum Gasteiger partial charge on any atom is 0.158 e. The molecule has 0 aliphatic heterocycles. The molecule has 0 bridgehead atoms. The zero-order valence-electron chi connectivity index (χ0n) is 8.48. The van der Waals surface area contributed by atoms with E-state index in [2.05, 4.69) is 42.8 Å². The summed E-state index contributed by atoms with van der Waals surface area (Å²) in [5.74, 6) is 6.08. The molecule has 0 saturated carbocycles. The van der Waals surface area contributed by atoms with E-state index in [1.165, 1.54) is 6.20 Å². The van der Waals surface area contributed by atoms with Crippen LogP contribution < -0.4 is 5.73 Å². The average molecular weight is 278 g/mol. The minimum Gasteiger partial charge on any atom is -0.381 e. The predicted molar refractivity (Wildman–Crippen MR) is 63.3 cm³/mol. The number of hydrogen-bond donors (Lipinski definition) is 1. The van der Waals surface area contributed by atoms with E-state index in [4.69, 9.17) is 5.73 Å². The van der Waals surface area contributed by atoms with Crippen LogP contribution in [0.3, 0.4) is 0 Å². The molecule has 0 saturated heterocycles. The second kappa shape index (κ2) is 4.33. The molecule has 0 amide bonds. The van der Waals surface area contributed by atoms with Gasteiger partial charge in [0.15, 0.2) is 11.5 Å². The molecule has 0 aliphatic carbocycles. The molecule has 0 aliphatic rings. The van der Waals surface area contributed by atoms with Gasteiger partial charge in [-0.05, 0) is 21.9 Å². The Balaban J connectivity index is 2.33. The molecule has 0 fully saturated rings. The van der Waals surface area contributed by atoms with Crippen molar-refractivity contribution in [1.29, 1.82) is 0 Å². The first kappa shape index (κ1) is 10.6. The smallest absolute Gasteiger partial charge is 0.158 e. The van der Waals surface area contributed by atoms with Gasteiger partial charge >= 0.3 is 0 Å². The van der Waals surface area contributed by atoms with E-state index in [0.717, 1.165) is 5.56 Å². The minimum atomic E-state index is 0.319. The molecule has 0 aromatic carbocycles. The van der Waals surface area contributed by atoms with Crippen molar-refractivity contribution in [3.63, 3.8) is 0 Å². The summed E-state index contributed by atoms with van der Waals surface area (Å²) < 4.78 is 2.29. The summed E-state index contributed by atoms with van der Waals surface area (Å²) in [5.41, 5.74) is 6.91. The Morgan fingerprint density at radius 2 is 2.19 bits per heavy atom. The van der Waals surface area contributed by atoms with Crippen molar-refractivity contribution in [2.45, 2.75) is 0 Å². The van der Waals surface area contributed by atoms with Crippen LogP contribution in [0, 0.1) is 11.8 Å². The predicted octanol–water partition coefficient (Wildman–Crippen LogP) is 0.955. The molecule has 6 heteroatoms. The van der Waals surface area contributed by atoms with Crippen molar-refractivity contribution in [2.75, 3.05) is 5.73 Å². The van der Waals surface area contributed by atoms with Gasteiger partial charge in [-0.2, -0.15) is 5.10 Å². The lowest BCUT2D eigenvalue weighted by Gasteiger charge is -1.95. The fourth-order valence-electron chi connectivity index (χ4n) is 1.09. The minimum absolute atomic E-state index is 0.319. The summed E-state index contributed by atoms with van der Waals surface area (Å²) in [7, 11) is 1.83. The molecule has 0 spiro atoms. The van der Waals surface area contributed by atoms with Gasteiger partial charge in [-0.1, -0.05) is 5.92 Å². The average Bonchev–Trinajstić information content (AvgIpc) is 2.66. The number of hydrogen-bond acceptors (Lipinski definition) is 4. The third-order valence-corrected chi connectivity index (χ3v) is 2.18. The molecular weight excluding hydrogens is 270 g/mol. The van der Waals surface area contributed by atoms with Gasteiger partial charge < -0.3 is 5.73 Å². The Labute approximate surface area is 101 Å². The van der Waals surface area contributed by atoms with Crippen molar-refractivity contribution >= 4 is 21.7 Å². The van der Waals surface area contributed by atoms with E-state index in [9.17, 15) is 0 Å². The fraction of sp³-hybridized carbons (Fsp3) is 0.100. The quantitative estimate of drug-likeness (QED) is 0.728. The molecule has 2 aromatic heterocycles. The van der Waals surface area contributed by atoms with Crippen molar-refractivity contribution < 1.29 is 0 Å². The Morgan fingerprint density at radius 1 is 1.38 bits per heavy atom. The highest BCUT2D eigenvalue weighted by Crippen LogP contribution is 2.09. The van der Waals surface area contributed by atoms with Crippen molar-refractivity contribution in [3.05, 3.63) is 34.5 Å². The third-order valence-electron chi connectivity index (χ3n) is 1.80. The van der Waals surface area contributed by atoms with E-state index in [1.54, 1.807) is 10.9 Å². The molecular formula is C10H8BrN5. The van der Waals surface area contributed by atoms with Crippen LogP contribution in [0.4, 0.5) is 5.82 Å². The van der Waals surface area contributed by atoms with E-state index in [0.29, 0.717) is 16.1 Å². The van der Waals surface area contributed by atoms with Crippen LogP contribution in [0.1, 0.15) is 11.3 Å². The normalized spacial score (nSPS) is 9.62. The van der Waals surface area contributed by atoms with E-state index in [1.807, 2.05) is 13.2 Å². The largest absolute Gasteiger partial charge is 0.381 e. The molecule has 0 radical (unpaired) electrons. The summed E-state index contributed by atoms with van der Waals surface area (Å²) in [5, 5.41) is 4.01. The van der Waals surface area contributed by atoms with Crippen LogP contribution in [0.25, 0.3) is 0 Å². The second-order valence-electron chi connectivity index (χ2n) is 3.08. The number of nitrogens with two attached hydrogens (primary N) is 1. The Morgan fingerprint density at radius 3 is 2.88 bits per heavy atom. The van der Waals surface area contributed by atoms with Gasteiger partial charge in [-0.3, -0.25) is 4.68 Å². The Hall–Kier alpha value is -1.87. The molecule has 2 rings (SSSR count). The molecule has 0 atom stereocenters. The standard InChI is InChI=1S/C10H8BrN5/c1-16-6-7(4-14-16)2-3-8-10(12)13-5-9(11)15-8/h4-6H,1H3,(H2,12,13). The molecule has 0 unspecified atom stereocenters. The van der Waals surface area contributed by atoms with Crippen molar-refractivity contribution in [2.24, 2.45) is 7.05 Å². The summed E-state index contributed by atoms with van der Waals surface area (Å²) >= 11 is 3.21. The maximum absolute atomic E-state index is 5.64. The summed E-state index contributed by atoms with van der Waals surface area (Å²) in [6.45, 7) is 0. The number of aromatic nitrogens is 4. The van der Waals surface area contributed by atoms with E-state index in [-0.39, 0.29) is 0 Å². The van der Waals surface area contributed by atoms with Gasteiger partial charge in [0.2, 0.25) is 0 Å². The first-order chi connectivity index (χ1) is 7.65. The van der Waals surface area contributed by atoms with Crippen molar-refractivity contribution in [1.82, 2.24) is 19.7 Å². The summed E-state index contributed by atoms with van der Waals surface area (Å²) in [6, 6.07) is 0. The van der Waals surface area contributed by atoms with Crippen LogP contribution in [0.2, 0.25) is 0 Å². The Kier molecular flexibility index (Phi) is 2.88. The van der Waals surface area contributed by atoms with Crippen molar-refractivity contribution in [3.8, 4) is 11.8 Å². The SMILES string of the molecule is Cn1cc(C#Cc2nc(Br)cnc2N)cn1. The highest BCUT2D eigenvalue weighted by Gasteiger charge is 1.99. The molecule has 16 heavy (non-hydrogen) atoms.